The van der Waals surface area contributed by atoms with Gasteiger partial charge in [-0.25, -0.2) is 4.39 Å². The van der Waals surface area contributed by atoms with E-state index in [1.54, 1.807) is 20.4 Å². The normalized spacial score (nSPS) is 10.4. The Balaban J connectivity index is 2.60. The summed E-state index contributed by atoms with van der Waals surface area (Å²) in [5.74, 6) is 0.880. The molecule has 2 rings (SSSR count). The zero-order chi connectivity index (χ0) is 14.5. The summed E-state index contributed by atoms with van der Waals surface area (Å²) in [6, 6.07) is 5.17. The fourth-order valence-electron chi connectivity index (χ4n) is 2.09. The Kier molecular flexibility index (Phi) is 4.53. The molecular formula is C15H17FN2O2. The van der Waals surface area contributed by atoms with Crippen LogP contribution in [0, 0.1) is 5.82 Å². The molecule has 0 bridgehead atoms. The van der Waals surface area contributed by atoms with E-state index in [1.165, 1.54) is 12.3 Å². The third kappa shape index (κ3) is 2.88. The third-order valence-electron chi connectivity index (χ3n) is 2.99. The molecule has 0 amide bonds. The molecule has 0 aliphatic rings. The molecule has 1 aromatic heterocycles. The monoisotopic (exact) mass is 276 g/mol. The van der Waals surface area contributed by atoms with Crippen LogP contribution in [0.4, 0.5) is 4.39 Å². The predicted octanol–water partition coefficient (Wildman–Crippen LogP) is 2.62. The molecule has 0 radical (unpaired) electrons. The van der Waals surface area contributed by atoms with Crippen LogP contribution in [0.3, 0.4) is 0 Å². The van der Waals surface area contributed by atoms with Crippen molar-refractivity contribution in [3.05, 3.63) is 42.0 Å². The van der Waals surface area contributed by atoms with Gasteiger partial charge < -0.3 is 14.8 Å². The first kappa shape index (κ1) is 14.3. The van der Waals surface area contributed by atoms with Crippen molar-refractivity contribution >= 4 is 0 Å². The lowest BCUT2D eigenvalue weighted by molar-refractivity contribution is 0.354. The van der Waals surface area contributed by atoms with Gasteiger partial charge in [0.1, 0.15) is 5.82 Å². The largest absolute Gasteiger partial charge is 0.493 e. The maximum Gasteiger partial charge on any atom is 0.161 e. The van der Waals surface area contributed by atoms with Crippen molar-refractivity contribution in [1.82, 2.24) is 10.3 Å². The van der Waals surface area contributed by atoms with E-state index in [9.17, 15) is 4.39 Å². The van der Waals surface area contributed by atoms with Crippen molar-refractivity contribution in [1.29, 1.82) is 0 Å². The van der Waals surface area contributed by atoms with Gasteiger partial charge in [0.05, 0.1) is 20.4 Å². The Hall–Kier alpha value is -2.14. The lowest BCUT2D eigenvalue weighted by Gasteiger charge is -2.15. The van der Waals surface area contributed by atoms with E-state index in [1.807, 2.05) is 19.2 Å². The van der Waals surface area contributed by atoms with Crippen molar-refractivity contribution in [2.75, 3.05) is 21.3 Å². The molecule has 0 spiro atoms. The number of benzene rings is 1. The van der Waals surface area contributed by atoms with Gasteiger partial charge in [-0.2, -0.15) is 0 Å². The molecule has 106 valence electrons. The van der Waals surface area contributed by atoms with Crippen LogP contribution in [-0.4, -0.2) is 26.3 Å². The summed E-state index contributed by atoms with van der Waals surface area (Å²) in [5.41, 5.74) is 2.55. The van der Waals surface area contributed by atoms with Crippen LogP contribution in [0.15, 0.2) is 30.6 Å². The van der Waals surface area contributed by atoms with E-state index in [0.717, 1.165) is 11.1 Å². The fraction of sp³-hybridized carbons (Fsp3) is 0.267. The van der Waals surface area contributed by atoms with E-state index < -0.39 is 0 Å². The quantitative estimate of drug-likeness (QED) is 0.911. The number of nitrogens with zero attached hydrogens (tertiary/aromatic N) is 1. The van der Waals surface area contributed by atoms with Crippen molar-refractivity contribution in [3.63, 3.8) is 0 Å². The first-order valence-corrected chi connectivity index (χ1v) is 6.20. The van der Waals surface area contributed by atoms with Gasteiger partial charge in [-0.15, -0.1) is 0 Å². The molecule has 0 aliphatic heterocycles. The SMILES string of the molecule is CNCc1cc(OC)c(OC)cc1-c1cncc(F)c1. The number of ether oxygens (including phenoxy) is 2. The van der Waals surface area contributed by atoms with E-state index in [-0.39, 0.29) is 5.82 Å². The van der Waals surface area contributed by atoms with Gasteiger partial charge in [0, 0.05) is 18.3 Å². The molecule has 20 heavy (non-hydrogen) atoms. The second kappa shape index (κ2) is 6.34. The van der Waals surface area contributed by atoms with Crippen LogP contribution in [-0.2, 0) is 6.54 Å². The summed E-state index contributed by atoms with van der Waals surface area (Å²) in [6.07, 6.45) is 2.81. The van der Waals surface area contributed by atoms with Crippen LogP contribution in [0.5, 0.6) is 11.5 Å². The standard InChI is InChI=1S/C15H17FN2O2/c1-17-7-11-5-14(19-2)15(20-3)6-13(11)10-4-12(16)9-18-8-10/h4-6,8-9,17H,7H2,1-3H3. The van der Waals surface area contributed by atoms with Crippen molar-refractivity contribution in [2.24, 2.45) is 0 Å². The first-order valence-electron chi connectivity index (χ1n) is 6.20. The summed E-state index contributed by atoms with van der Waals surface area (Å²) in [4.78, 5) is 3.89. The Morgan fingerprint density at radius 1 is 1.10 bits per heavy atom. The maximum atomic E-state index is 13.4. The third-order valence-corrected chi connectivity index (χ3v) is 2.99. The zero-order valence-electron chi connectivity index (χ0n) is 11.7. The van der Waals surface area contributed by atoms with E-state index in [0.29, 0.717) is 23.6 Å². The molecule has 1 aromatic carbocycles. The lowest BCUT2D eigenvalue weighted by atomic mass is 10.00. The zero-order valence-corrected chi connectivity index (χ0v) is 11.7. The average Bonchev–Trinajstić information content (AvgIpc) is 2.47. The molecule has 0 atom stereocenters. The topological polar surface area (TPSA) is 43.4 Å². The van der Waals surface area contributed by atoms with Gasteiger partial charge in [-0.05, 0) is 36.4 Å². The number of aromatic nitrogens is 1. The fourth-order valence-corrected chi connectivity index (χ4v) is 2.09. The van der Waals surface area contributed by atoms with Crippen LogP contribution < -0.4 is 14.8 Å². The number of pyridine rings is 1. The number of hydrogen-bond donors (Lipinski definition) is 1. The summed E-state index contributed by atoms with van der Waals surface area (Å²) in [5, 5.41) is 3.09. The van der Waals surface area contributed by atoms with Gasteiger partial charge in [-0.3, -0.25) is 4.98 Å². The second-order valence-electron chi connectivity index (χ2n) is 4.29. The van der Waals surface area contributed by atoms with Crippen LogP contribution in [0.25, 0.3) is 11.1 Å². The van der Waals surface area contributed by atoms with Crippen molar-refractivity contribution < 1.29 is 13.9 Å². The smallest absolute Gasteiger partial charge is 0.161 e. The molecule has 4 nitrogen and oxygen atoms in total. The highest BCUT2D eigenvalue weighted by Gasteiger charge is 2.13. The van der Waals surface area contributed by atoms with Crippen molar-refractivity contribution in [3.8, 4) is 22.6 Å². The summed E-state index contributed by atoms with van der Waals surface area (Å²) < 4.78 is 24.0. The van der Waals surface area contributed by atoms with E-state index in [2.05, 4.69) is 10.3 Å². The Morgan fingerprint density at radius 2 is 1.80 bits per heavy atom. The van der Waals surface area contributed by atoms with Gasteiger partial charge in [0.25, 0.3) is 0 Å². The lowest BCUT2D eigenvalue weighted by Crippen LogP contribution is -2.07. The van der Waals surface area contributed by atoms with Gasteiger partial charge in [0.15, 0.2) is 11.5 Å². The molecule has 1 N–H and O–H groups in total. The maximum absolute atomic E-state index is 13.4. The van der Waals surface area contributed by atoms with E-state index >= 15 is 0 Å². The molecule has 5 heteroatoms. The van der Waals surface area contributed by atoms with Crippen LogP contribution in [0.2, 0.25) is 0 Å². The summed E-state index contributed by atoms with van der Waals surface area (Å²) in [6.45, 7) is 0.631. The molecule has 0 aliphatic carbocycles. The molecule has 1 heterocycles. The Labute approximate surface area is 117 Å². The molecule has 0 saturated heterocycles. The molecule has 0 fully saturated rings. The number of halogens is 1. The van der Waals surface area contributed by atoms with Crippen LogP contribution in [0.1, 0.15) is 5.56 Å². The summed E-state index contributed by atoms with van der Waals surface area (Å²) >= 11 is 0. The predicted molar refractivity (Wildman–Crippen MR) is 75.5 cm³/mol. The minimum absolute atomic E-state index is 0.368. The van der Waals surface area contributed by atoms with Gasteiger partial charge >= 0.3 is 0 Å². The minimum Gasteiger partial charge on any atom is -0.493 e. The Bertz CT molecular complexity index is 602. The van der Waals surface area contributed by atoms with Gasteiger partial charge in [-0.1, -0.05) is 0 Å². The van der Waals surface area contributed by atoms with Crippen molar-refractivity contribution in [2.45, 2.75) is 6.54 Å². The van der Waals surface area contributed by atoms with Gasteiger partial charge in [0.2, 0.25) is 0 Å². The molecule has 2 aromatic rings. The minimum atomic E-state index is -0.368. The number of hydrogen-bond acceptors (Lipinski definition) is 4. The highest BCUT2D eigenvalue weighted by Crippen LogP contribution is 2.35. The molecular weight excluding hydrogens is 259 g/mol. The van der Waals surface area contributed by atoms with Crippen LogP contribution >= 0.6 is 0 Å². The molecule has 0 unspecified atom stereocenters. The summed E-state index contributed by atoms with van der Waals surface area (Å²) in [7, 11) is 5.01. The number of rotatable bonds is 5. The number of methoxy groups -OCH3 is 2. The van der Waals surface area contributed by atoms with E-state index in [4.69, 9.17) is 9.47 Å². The Morgan fingerprint density at radius 3 is 2.40 bits per heavy atom. The molecule has 0 saturated carbocycles. The first-order chi connectivity index (χ1) is 9.69. The average molecular weight is 276 g/mol. The highest BCUT2D eigenvalue weighted by molar-refractivity contribution is 5.70. The highest BCUT2D eigenvalue weighted by atomic mass is 19.1. The number of nitrogens with one attached hydrogen (secondary N) is 1. The second-order valence-corrected chi connectivity index (χ2v) is 4.29.